The first-order valence-electron chi connectivity index (χ1n) is 3.67. The zero-order valence-electron chi connectivity index (χ0n) is 6.82. The average molecular weight is 213 g/mol. The third kappa shape index (κ3) is 1.60. The van der Waals surface area contributed by atoms with Crippen LogP contribution in [0, 0.1) is 0 Å². The second-order valence-corrected chi connectivity index (χ2v) is 2.74. The van der Waals surface area contributed by atoms with Crippen molar-refractivity contribution in [2.24, 2.45) is 0 Å². The first kappa shape index (κ1) is 8.76. The number of amides is 1. The summed E-state index contributed by atoms with van der Waals surface area (Å²) < 4.78 is 4.76. The van der Waals surface area contributed by atoms with Gasteiger partial charge < -0.3 is 4.42 Å². The highest BCUT2D eigenvalue weighted by Gasteiger charge is 2.13. The molecule has 0 unspecified atom stereocenters. The Morgan fingerprint density at radius 3 is 3.07 bits per heavy atom. The SMILES string of the molecule is O=C(Nc1ncn[nH]1)c1ccoc1Cl. The van der Waals surface area contributed by atoms with Gasteiger partial charge in [-0.1, -0.05) is 0 Å². The Kier molecular flexibility index (Phi) is 2.19. The van der Waals surface area contributed by atoms with Crippen molar-refractivity contribution < 1.29 is 9.21 Å². The maximum absolute atomic E-state index is 11.5. The molecule has 0 saturated heterocycles. The van der Waals surface area contributed by atoms with Crippen molar-refractivity contribution in [3.05, 3.63) is 29.4 Å². The fraction of sp³-hybridized carbons (Fsp3) is 0. The third-order valence-corrected chi connectivity index (χ3v) is 1.80. The minimum Gasteiger partial charge on any atom is -0.452 e. The molecule has 0 aromatic carbocycles. The Bertz CT molecular complexity index is 436. The van der Waals surface area contributed by atoms with Crippen LogP contribution in [0.5, 0.6) is 0 Å². The van der Waals surface area contributed by atoms with Gasteiger partial charge in [-0.3, -0.25) is 10.1 Å². The van der Waals surface area contributed by atoms with Gasteiger partial charge in [-0.15, -0.1) is 0 Å². The molecule has 2 heterocycles. The van der Waals surface area contributed by atoms with E-state index in [-0.39, 0.29) is 16.7 Å². The Morgan fingerprint density at radius 1 is 1.64 bits per heavy atom. The van der Waals surface area contributed by atoms with Gasteiger partial charge in [-0.25, -0.2) is 5.10 Å². The summed E-state index contributed by atoms with van der Waals surface area (Å²) in [5, 5.41) is 8.55. The van der Waals surface area contributed by atoms with E-state index in [0.29, 0.717) is 0 Å². The molecule has 72 valence electrons. The van der Waals surface area contributed by atoms with Crippen molar-refractivity contribution in [2.75, 3.05) is 5.32 Å². The number of halogens is 1. The number of aromatic nitrogens is 3. The van der Waals surface area contributed by atoms with Crippen LogP contribution >= 0.6 is 11.6 Å². The van der Waals surface area contributed by atoms with Crippen molar-refractivity contribution >= 4 is 23.5 Å². The molecule has 2 aromatic heterocycles. The van der Waals surface area contributed by atoms with Crippen LogP contribution in [-0.4, -0.2) is 21.1 Å². The lowest BCUT2D eigenvalue weighted by molar-refractivity contribution is 0.102. The summed E-state index contributed by atoms with van der Waals surface area (Å²) in [4.78, 5) is 15.2. The van der Waals surface area contributed by atoms with Crippen LogP contribution in [0.3, 0.4) is 0 Å². The molecule has 0 radical (unpaired) electrons. The molecule has 0 aliphatic rings. The number of nitrogens with zero attached hydrogens (tertiary/aromatic N) is 2. The molecule has 6 nitrogen and oxygen atoms in total. The van der Waals surface area contributed by atoms with E-state index in [9.17, 15) is 4.79 Å². The van der Waals surface area contributed by atoms with Gasteiger partial charge in [0.2, 0.25) is 11.2 Å². The van der Waals surface area contributed by atoms with Crippen molar-refractivity contribution in [1.82, 2.24) is 15.2 Å². The summed E-state index contributed by atoms with van der Waals surface area (Å²) in [6.07, 6.45) is 2.62. The molecule has 14 heavy (non-hydrogen) atoms. The van der Waals surface area contributed by atoms with Crippen molar-refractivity contribution in [3.63, 3.8) is 0 Å². The van der Waals surface area contributed by atoms with E-state index in [4.69, 9.17) is 16.0 Å². The van der Waals surface area contributed by atoms with E-state index in [0.717, 1.165) is 0 Å². The van der Waals surface area contributed by atoms with Crippen LogP contribution in [0.4, 0.5) is 5.95 Å². The number of H-pyrrole nitrogens is 1. The molecule has 0 aliphatic carbocycles. The monoisotopic (exact) mass is 212 g/mol. The molecule has 1 amide bonds. The number of anilines is 1. The standard InChI is InChI=1S/C7H5ClN4O2/c8-5-4(1-2-14-5)6(13)11-7-9-3-10-12-7/h1-3H,(H2,9,10,11,12,13). The molecule has 0 fully saturated rings. The molecule has 0 atom stereocenters. The summed E-state index contributed by atoms with van der Waals surface area (Å²) in [6, 6.07) is 1.47. The van der Waals surface area contributed by atoms with Gasteiger partial charge in [0.15, 0.2) is 0 Å². The minimum atomic E-state index is -0.402. The Morgan fingerprint density at radius 2 is 2.50 bits per heavy atom. The first-order valence-corrected chi connectivity index (χ1v) is 4.05. The highest BCUT2D eigenvalue weighted by Crippen LogP contribution is 2.17. The predicted octanol–water partition coefficient (Wildman–Crippen LogP) is 1.30. The Labute approximate surface area is 83.3 Å². The van der Waals surface area contributed by atoms with Gasteiger partial charge in [0.05, 0.1) is 11.8 Å². The Hall–Kier alpha value is -1.82. The summed E-state index contributed by atoms with van der Waals surface area (Å²) >= 11 is 5.60. The van der Waals surface area contributed by atoms with E-state index >= 15 is 0 Å². The molecule has 2 aromatic rings. The molecule has 2 rings (SSSR count). The molecule has 7 heteroatoms. The van der Waals surface area contributed by atoms with Gasteiger partial charge in [-0.05, 0) is 17.7 Å². The van der Waals surface area contributed by atoms with Crippen LogP contribution in [0.2, 0.25) is 5.22 Å². The quantitative estimate of drug-likeness (QED) is 0.786. The fourth-order valence-electron chi connectivity index (χ4n) is 0.896. The van der Waals surface area contributed by atoms with Gasteiger partial charge in [0.1, 0.15) is 6.33 Å². The molecular formula is C7H5ClN4O2. The van der Waals surface area contributed by atoms with Crippen molar-refractivity contribution in [1.29, 1.82) is 0 Å². The highest BCUT2D eigenvalue weighted by molar-refractivity contribution is 6.32. The average Bonchev–Trinajstić information content (AvgIpc) is 2.75. The lowest BCUT2D eigenvalue weighted by Gasteiger charge is -1.97. The van der Waals surface area contributed by atoms with E-state index in [2.05, 4.69) is 20.5 Å². The topological polar surface area (TPSA) is 83.8 Å². The number of carbonyl (C=O) groups excluding carboxylic acids is 1. The van der Waals surface area contributed by atoms with E-state index < -0.39 is 5.91 Å². The highest BCUT2D eigenvalue weighted by atomic mass is 35.5. The van der Waals surface area contributed by atoms with Crippen LogP contribution in [0.1, 0.15) is 10.4 Å². The summed E-state index contributed by atoms with van der Waals surface area (Å²) in [7, 11) is 0. The van der Waals surface area contributed by atoms with Crippen molar-refractivity contribution in [2.45, 2.75) is 0 Å². The number of hydrogen-bond acceptors (Lipinski definition) is 4. The number of rotatable bonds is 2. The molecule has 0 bridgehead atoms. The van der Waals surface area contributed by atoms with E-state index in [1.54, 1.807) is 0 Å². The first-order chi connectivity index (χ1) is 6.77. The summed E-state index contributed by atoms with van der Waals surface area (Å²) in [5.74, 6) is -0.146. The van der Waals surface area contributed by atoms with Gasteiger partial charge in [0, 0.05) is 0 Å². The lowest BCUT2D eigenvalue weighted by atomic mass is 10.3. The number of nitrogens with one attached hydrogen (secondary N) is 2. The smallest absolute Gasteiger partial charge is 0.262 e. The Balaban J connectivity index is 2.14. The van der Waals surface area contributed by atoms with Crippen LogP contribution < -0.4 is 5.32 Å². The molecule has 0 saturated carbocycles. The maximum atomic E-state index is 11.5. The van der Waals surface area contributed by atoms with Crippen LogP contribution in [0.25, 0.3) is 0 Å². The molecular weight excluding hydrogens is 208 g/mol. The zero-order valence-corrected chi connectivity index (χ0v) is 7.58. The molecule has 0 aliphatic heterocycles. The van der Waals surface area contributed by atoms with Gasteiger partial charge >= 0.3 is 0 Å². The molecule has 0 spiro atoms. The minimum absolute atomic E-state index is 0.0435. The summed E-state index contributed by atoms with van der Waals surface area (Å²) in [6.45, 7) is 0. The number of aromatic amines is 1. The van der Waals surface area contributed by atoms with Crippen LogP contribution in [-0.2, 0) is 0 Å². The fourth-order valence-corrected chi connectivity index (χ4v) is 1.10. The predicted molar refractivity (Wildman–Crippen MR) is 48.1 cm³/mol. The van der Waals surface area contributed by atoms with E-state index in [1.807, 2.05) is 0 Å². The number of carbonyl (C=O) groups is 1. The lowest BCUT2D eigenvalue weighted by Crippen LogP contribution is -2.12. The number of furan rings is 1. The normalized spacial score (nSPS) is 10.1. The van der Waals surface area contributed by atoms with Crippen LogP contribution in [0.15, 0.2) is 23.1 Å². The maximum Gasteiger partial charge on any atom is 0.262 e. The van der Waals surface area contributed by atoms with E-state index in [1.165, 1.54) is 18.7 Å². The van der Waals surface area contributed by atoms with Gasteiger partial charge in [-0.2, -0.15) is 10.1 Å². The largest absolute Gasteiger partial charge is 0.452 e. The summed E-state index contributed by atoms with van der Waals surface area (Å²) in [5.41, 5.74) is 0.253. The van der Waals surface area contributed by atoms with Crippen molar-refractivity contribution in [3.8, 4) is 0 Å². The second-order valence-electron chi connectivity index (χ2n) is 2.40. The van der Waals surface area contributed by atoms with Gasteiger partial charge in [0.25, 0.3) is 5.91 Å². The molecule has 2 N–H and O–H groups in total. The third-order valence-electron chi connectivity index (χ3n) is 1.51. The zero-order chi connectivity index (χ0) is 9.97. The number of hydrogen-bond donors (Lipinski definition) is 2. The second kappa shape index (κ2) is 3.51.